The number of aromatic nitrogens is 1. The summed E-state index contributed by atoms with van der Waals surface area (Å²) in [5.74, 6) is -0.127. The average molecular weight is 503 g/mol. The summed E-state index contributed by atoms with van der Waals surface area (Å²) in [6.45, 7) is 10.4. The first-order chi connectivity index (χ1) is 17.2. The van der Waals surface area contributed by atoms with Crippen molar-refractivity contribution >= 4 is 22.7 Å². The monoisotopic (exact) mass is 502 g/mol. The van der Waals surface area contributed by atoms with Crippen molar-refractivity contribution in [2.24, 2.45) is 23.5 Å². The van der Waals surface area contributed by atoms with E-state index in [0.29, 0.717) is 44.6 Å². The standard InChI is InChI=1S/C28H46N4O4/c1-6-7-12-30-27(34)20(4)15-26(33)24(29)16-21(19(2)3)17-31-28(35)23-18-32(13-14-36-5)25-11-9-8-10-22(23)25/h8-11,18-21,24,26,33H,6-7,12-17,29H2,1-5H3,(H,30,34)(H,31,35)/t20-,21?,24?,26+/m1/s1. The van der Waals surface area contributed by atoms with Crippen molar-refractivity contribution in [2.45, 2.75) is 72.1 Å². The summed E-state index contributed by atoms with van der Waals surface area (Å²) < 4.78 is 7.25. The molecule has 5 N–H and O–H groups in total. The number of rotatable bonds is 16. The lowest BCUT2D eigenvalue weighted by Gasteiger charge is -2.28. The smallest absolute Gasteiger partial charge is 0.253 e. The largest absolute Gasteiger partial charge is 0.391 e. The number of hydrogen-bond acceptors (Lipinski definition) is 5. The Labute approximate surface area is 216 Å². The zero-order valence-corrected chi connectivity index (χ0v) is 22.6. The van der Waals surface area contributed by atoms with Gasteiger partial charge in [0.2, 0.25) is 5.91 Å². The van der Waals surface area contributed by atoms with Crippen LogP contribution < -0.4 is 16.4 Å². The average Bonchev–Trinajstić information content (AvgIpc) is 3.23. The van der Waals surface area contributed by atoms with Crippen LogP contribution in [0.3, 0.4) is 0 Å². The fourth-order valence-electron chi connectivity index (χ4n) is 4.43. The molecule has 8 nitrogen and oxygen atoms in total. The van der Waals surface area contributed by atoms with Gasteiger partial charge in [0.25, 0.3) is 5.91 Å². The number of hydrogen-bond donors (Lipinski definition) is 4. The van der Waals surface area contributed by atoms with E-state index in [0.717, 1.165) is 23.7 Å². The fraction of sp³-hybridized carbons (Fsp3) is 0.643. The van der Waals surface area contributed by atoms with Gasteiger partial charge >= 0.3 is 0 Å². The molecule has 0 bridgehead atoms. The van der Waals surface area contributed by atoms with Gasteiger partial charge in [-0.3, -0.25) is 9.59 Å². The van der Waals surface area contributed by atoms with E-state index in [9.17, 15) is 14.7 Å². The van der Waals surface area contributed by atoms with Gasteiger partial charge in [-0.15, -0.1) is 0 Å². The van der Waals surface area contributed by atoms with Crippen LogP contribution in [0.1, 0.15) is 63.7 Å². The molecule has 0 aliphatic heterocycles. The third-order valence-corrected chi connectivity index (χ3v) is 6.98. The molecule has 0 aliphatic rings. The van der Waals surface area contributed by atoms with E-state index in [-0.39, 0.29) is 29.6 Å². The van der Waals surface area contributed by atoms with E-state index < -0.39 is 12.1 Å². The summed E-state index contributed by atoms with van der Waals surface area (Å²) in [6, 6.07) is 7.38. The molecule has 1 aromatic carbocycles. The highest BCUT2D eigenvalue weighted by atomic mass is 16.5. The molecule has 202 valence electrons. The van der Waals surface area contributed by atoms with Crippen LogP contribution in [-0.4, -0.2) is 60.4 Å². The van der Waals surface area contributed by atoms with E-state index >= 15 is 0 Å². The molecule has 8 heteroatoms. The number of amides is 2. The number of aliphatic hydroxyl groups is 1. The molecule has 0 radical (unpaired) electrons. The van der Waals surface area contributed by atoms with Crippen LogP contribution in [0, 0.1) is 17.8 Å². The van der Waals surface area contributed by atoms with E-state index in [4.69, 9.17) is 10.5 Å². The second-order valence-corrected chi connectivity index (χ2v) is 10.2. The summed E-state index contributed by atoms with van der Waals surface area (Å²) in [6.07, 6.45) is 3.93. The third-order valence-electron chi connectivity index (χ3n) is 6.98. The molecular formula is C28H46N4O4. The zero-order chi connectivity index (χ0) is 26.7. The minimum absolute atomic E-state index is 0.0490. The van der Waals surface area contributed by atoms with Crippen molar-refractivity contribution in [2.75, 3.05) is 26.8 Å². The van der Waals surface area contributed by atoms with Gasteiger partial charge in [-0.2, -0.15) is 0 Å². The lowest BCUT2D eigenvalue weighted by Crippen LogP contribution is -2.42. The predicted octanol–water partition coefficient (Wildman–Crippen LogP) is 3.31. The number of unbranched alkanes of at least 4 members (excludes halogenated alkanes) is 1. The molecule has 0 fully saturated rings. The Balaban J connectivity index is 1.96. The number of carbonyl (C=O) groups excluding carboxylic acids is 2. The Kier molecular flexibility index (Phi) is 12.4. The minimum Gasteiger partial charge on any atom is -0.391 e. The van der Waals surface area contributed by atoms with Crippen LogP contribution in [0.4, 0.5) is 0 Å². The Hall–Kier alpha value is -2.42. The van der Waals surface area contributed by atoms with Crippen molar-refractivity contribution in [3.63, 3.8) is 0 Å². The summed E-state index contributed by atoms with van der Waals surface area (Å²) in [4.78, 5) is 25.4. The lowest BCUT2D eigenvalue weighted by molar-refractivity contribution is -0.125. The Bertz CT molecular complexity index is 958. The quantitative estimate of drug-likeness (QED) is 0.263. The van der Waals surface area contributed by atoms with E-state index in [1.54, 1.807) is 7.11 Å². The SMILES string of the molecule is CCCCNC(=O)[C@H](C)C[C@H](O)C(N)CC(CNC(=O)c1cn(CCOC)c2ccccc12)C(C)C. The van der Waals surface area contributed by atoms with Gasteiger partial charge in [0, 0.05) is 55.8 Å². The predicted molar refractivity (Wildman–Crippen MR) is 145 cm³/mol. The Morgan fingerprint density at radius 2 is 1.86 bits per heavy atom. The maximum absolute atomic E-state index is 13.1. The molecular weight excluding hydrogens is 456 g/mol. The van der Waals surface area contributed by atoms with Crippen LogP contribution in [0.25, 0.3) is 10.9 Å². The van der Waals surface area contributed by atoms with Crippen LogP contribution in [0.2, 0.25) is 0 Å². The van der Waals surface area contributed by atoms with Gasteiger partial charge < -0.3 is 30.8 Å². The number of nitrogens with two attached hydrogens (primary N) is 1. The van der Waals surface area contributed by atoms with Crippen molar-refractivity contribution in [3.8, 4) is 0 Å². The molecule has 0 aliphatic carbocycles. The number of methoxy groups -OCH3 is 1. The first kappa shape index (κ1) is 29.8. The zero-order valence-electron chi connectivity index (χ0n) is 22.6. The maximum Gasteiger partial charge on any atom is 0.253 e. The number of para-hydroxylation sites is 1. The number of ether oxygens (including phenoxy) is 1. The highest BCUT2D eigenvalue weighted by Gasteiger charge is 2.26. The topological polar surface area (TPSA) is 119 Å². The molecule has 0 saturated heterocycles. The van der Waals surface area contributed by atoms with Crippen LogP contribution >= 0.6 is 0 Å². The summed E-state index contributed by atoms with van der Waals surface area (Å²) >= 11 is 0. The first-order valence-electron chi connectivity index (χ1n) is 13.3. The first-order valence-corrected chi connectivity index (χ1v) is 13.3. The van der Waals surface area contributed by atoms with Crippen LogP contribution in [0.15, 0.2) is 30.5 Å². The van der Waals surface area contributed by atoms with Gasteiger partial charge in [0.15, 0.2) is 0 Å². The van der Waals surface area contributed by atoms with Gasteiger partial charge in [-0.05, 0) is 37.2 Å². The number of nitrogens with one attached hydrogen (secondary N) is 2. The Morgan fingerprint density at radius 1 is 1.14 bits per heavy atom. The van der Waals surface area contributed by atoms with E-state index in [1.165, 1.54) is 0 Å². The molecule has 2 aromatic rings. The van der Waals surface area contributed by atoms with Crippen molar-refractivity contribution < 1.29 is 19.4 Å². The third kappa shape index (κ3) is 8.61. The molecule has 36 heavy (non-hydrogen) atoms. The number of aliphatic hydroxyl groups excluding tert-OH is 1. The number of carbonyl (C=O) groups is 2. The molecule has 1 heterocycles. The van der Waals surface area contributed by atoms with Gasteiger partial charge in [0.1, 0.15) is 0 Å². The van der Waals surface area contributed by atoms with E-state index in [2.05, 4.69) is 31.4 Å². The Morgan fingerprint density at radius 3 is 2.53 bits per heavy atom. The normalized spacial score (nSPS) is 15.0. The van der Waals surface area contributed by atoms with Crippen molar-refractivity contribution in [3.05, 3.63) is 36.0 Å². The number of fused-ring (bicyclic) bond motifs is 1. The molecule has 0 saturated carbocycles. The minimum atomic E-state index is -0.785. The van der Waals surface area contributed by atoms with Crippen LogP contribution in [0.5, 0.6) is 0 Å². The second kappa shape index (κ2) is 15.0. The fourth-order valence-corrected chi connectivity index (χ4v) is 4.43. The maximum atomic E-state index is 13.1. The number of nitrogens with zero attached hydrogens (tertiary/aromatic N) is 1. The molecule has 0 spiro atoms. The number of benzene rings is 1. The van der Waals surface area contributed by atoms with Gasteiger partial charge in [-0.25, -0.2) is 0 Å². The lowest BCUT2D eigenvalue weighted by atomic mass is 9.86. The van der Waals surface area contributed by atoms with Gasteiger partial charge in [-0.1, -0.05) is 52.3 Å². The molecule has 1 aromatic heterocycles. The van der Waals surface area contributed by atoms with Gasteiger partial charge in [0.05, 0.1) is 18.3 Å². The van der Waals surface area contributed by atoms with E-state index in [1.807, 2.05) is 42.0 Å². The highest BCUT2D eigenvalue weighted by molar-refractivity contribution is 6.07. The molecule has 2 rings (SSSR count). The van der Waals surface area contributed by atoms with Crippen molar-refractivity contribution in [1.29, 1.82) is 0 Å². The molecule has 4 atom stereocenters. The molecule has 2 unspecified atom stereocenters. The summed E-state index contributed by atoms with van der Waals surface area (Å²) in [5, 5.41) is 17.6. The summed E-state index contributed by atoms with van der Waals surface area (Å²) in [7, 11) is 1.66. The molecule has 2 amide bonds. The summed E-state index contributed by atoms with van der Waals surface area (Å²) in [5.41, 5.74) is 7.99. The highest BCUT2D eigenvalue weighted by Crippen LogP contribution is 2.23. The van der Waals surface area contributed by atoms with Crippen LogP contribution in [-0.2, 0) is 16.1 Å². The second-order valence-electron chi connectivity index (χ2n) is 10.2. The van der Waals surface area contributed by atoms with Crippen molar-refractivity contribution in [1.82, 2.24) is 15.2 Å².